The summed E-state index contributed by atoms with van der Waals surface area (Å²) in [4.78, 5) is 19.4. The molecule has 0 spiro atoms. The SMILES string of the molecule is Cc1ccc(-c2nn[nH]n2)c(C(=O)N2CCC[C@@H](C)C2CNc2ccc(C(F)(F)F)cn2)c1. The lowest BCUT2D eigenvalue weighted by molar-refractivity contribution is -0.137. The fourth-order valence-corrected chi connectivity index (χ4v) is 4.15. The van der Waals surface area contributed by atoms with Gasteiger partial charge in [0.2, 0.25) is 5.82 Å². The summed E-state index contributed by atoms with van der Waals surface area (Å²) in [6.07, 6.45) is -1.82. The van der Waals surface area contributed by atoms with Crippen molar-refractivity contribution < 1.29 is 18.0 Å². The Balaban J connectivity index is 1.55. The summed E-state index contributed by atoms with van der Waals surface area (Å²) in [6, 6.07) is 7.64. The minimum Gasteiger partial charge on any atom is -0.368 e. The van der Waals surface area contributed by atoms with Gasteiger partial charge in [0.25, 0.3) is 5.91 Å². The van der Waals surface area contributed by atoms with Crippen molar-refractivity contribution in [3.8, 4) is 11.4 Å². The van der Waals surface area contributed by atoms with Gasteiger partial charge in [-0.1, -0.05) is 18.6 Å². The summed E-state index contributed by atoms with van der Waals surface area (Å²) in [5.74, 6) is 0.726. The molecule has 1 amide bonds. The van der Waals surface area contributed by atoms with Crippen molar-refractivity contribution in [3.63, 3.8) is 0 Å². The van der Waals surface area contributed by atoms with Crippen molar-refractivity contribution in [1.82, 2.24) is 30.5 Å². The monoisotopic (exact) mass is 459 g/mol. The number of aromatic amines is 1. The van der Waals surface area contributed by atoms with Crippen molar-refractivity contribution in [2.75, 3.05) is 18.4 Å². The highest BCUT2D eigenvalue weighted by molar-refractivity contribution is 6.00. The number of likely N-dealkylation sites (tertiary alicyclic amines) is 1. The van der Waals surface area contributed by atoms with Crippen LogP contribution in [0.5, 0.6) is 0 Å². The number of halogens is 3. The number of carbonyl (C=O) groups is 1. The first-order chi connectivity index (χ1) is 15.7. The largest absolute Gasteiger partial charge is 0.417 e. The van der Waals surface area contributed by atoms with Crippen LogP contribution in [0.2, 0.25) is 0 Å². The number of rotatable bonds is 5. The molecule has 1 aliphatic rings. The number of nitrogens with one attached hydrogen (secondary N) is 2. The number of aromatic nitrogens is 5. The Morgan fingerprint density at radius 1 is 1.27 bits per heavy atom. The van der Waals surface area contributed by atoms with E-state index < -0.39 is 11.7 Å². The van der Waals surface area contributed by atoms with Gasteiger partial charge >= 0.3 is 6.18 Å². The van der Waals surface area contributed by atoms with E-state index in [4.69, 9.17) is 0 Å². The molecule has 2 atom stereocenters. The smallest absolute Gasteiger partial charge is 0.368 e. The summed E-state index contributed by atoms with van der Waals surface area (Å²) in [5, 5.41) is 17.2. The van der Waals surface area contributed by atoms with Crippen LogP contribution in [0.25, 0.3) is 11.4 Å². The number of tetrazole rings is 1. The van der Waals surface area contributed by atoms with Crippen molar-refractivity contribution >= 4 is 11.7 Å². The number of piperidine rings is 1. The van der Waals surface area contributed by atoms with E-state index in [1.165, 1.54) is 6.07 Å². The first-order valence-electron chi connectivity index (χ1n) is 10.7. The summed E-state index contributed by atoms with van der Waals surface area (Å²) in [7, 11) is 0. The molecule has 0 radical (unpaired) electrons. The van der Waals surface area contributed by atoms with E-state index in [0.717, 1.165) is 30.7 Å². The topological polar surface area (TPSA) is 99.7 Å². The van der Waals surface area contributed by atoms with Crippen LogP contribution in [0.4, 0.5) is 19.0 Å². The minimum atomic E-state index is -4.43. The molecule has 4 rings (SSSR count). The third kappa shape index (κ3) is 4.96. The van der Waals surface area contributed by atoms with E-state index in [1.54, 1.807) is 6.07 Å². The molecule has 3 aromatic rings. The lowest BCUT2D eigenvalue weighted by Gasteiger charge is -2.40. The molecule has 1 aliphatic heterocycles. The first kappa shape index (κ1) is 22.7. The van der Waals surface area contributed by atoms with Gasteiger partial charge in [0.05, 0.1) is 17.2 Å². The van der Waals surface area contributed by atoms with E-state index in [1.807, 2.05) is 24.0 Å². The van der Waals surface area contributed by atoms with Gasteiger partial charge in [0.1, 0.15) is 5.82 Å². The van der Waals surface area contributed by atoms with Crippen molar-refractivity contribution in [2.45, 2.75) is 38.9 Å². The molecule has 0 aliphatic carbocycles. The quantitative estimate of drug-likeness (QED) is 0.600. The molecule has 1 saturated heterocycles. The van der Waals surface area contributed by atoms with Gasteiger partial charge in [-0.3, -0.25) is 4.79 Å². The zero-order chi connectivity index (χ0) is 23.6. The Bertz CT molecular complexity index is 1100. The zero-order valence-electron chi connectivity index (χ0n) is 18.2. The number of anilines is 1. The van der Waals surface area contributed by atoms with Gasteiger partial charge in [-0.25, -0.2) is 4.98 Å². The number of alkyl halides is 3. The first-order valence-corrected chi connectivity index (χ1v) is 10.7. The molecule has 3 heterocycles. The van der Waals surface area contributed by atoms with E-state index in [0.29, 0.717) is 35.9 Å². The normalized spacial score (nSPS) is 18.9. The zero-order valence-corrected chi connectivity index (χ0v) is 18.2. The highest BCUT2D eigenvalue weighted by Gasteiger charge is 2.34. The Morgan fingerprint density at radius 2 is 2.09 bits per heavy atom. The number of hydrogen-bond donors (Lipinski definition) is 2. The maximum Gasteiger partial charge on any atom is 0.417 e. The van der Waals surface area contributed by atoms with Crippen LogP contribution < -0.4 is 5.32 Å². The molecule has 1 fully saturated rings. The number of pyridine rings is 1. The Kier molecular flexibility index (Phi) is 6.30. The molecule has 11 heteroatoms. The van der Waals surface area contributed by atoms with Crippen LogP contribution in [-0.2, 0) is 6.18 Å². The summed E-state index contributed by atoms with van der Waals surface area (Å²) in [5.41, 5.74) is 1.21. The third-order valence-corrected chi connectivity index (χ3v) is 5.95. The molecule has 0 saturated carbocycles. The Labute approximate surface area is 188 Å². The highest BCUT2D eigenvalue weighted by atomic mass is 19.4. The van der Waals surface area contributed by atoms with Crippen LogP contribution in [0.15, 0.2) is 36.5 Å². The van der Waals surface area contributed by atoms with Crippen LogP contribution in [0, 0.1) is 12.8 Å². The predicted octanol–water partition coefficient (Wildman–Crippen LogP) is 3.94. The number of amides is 1. The van der Waals surface area contributed by atoms with E-state index >= 15 is 0 Å². The van der Waals surface area contributed by atoms with Crippen molar-refractivity contribution in [1.29, 1.82) is 0 Å². The fraction of sp³-hybridized carbons (Fsp3) is 0.409. The van der Waals surface area contributed by atoms with Gasteiger partial charge in [0.15, 0.2) is 0 Å². The van der Waals surface area contributed by atoms with Crippen LogP contribution in [-0.4, -0.2) is 55.5 Å². The second-order valence-electron chi connectivity index (χ2n) is 8.28. The maximum atomic E-state index is 13.7. The summed E-state index contributed by atoms with van der Waals surface area (Å²) < 4.78 is 38.4. The molecule has 174 valence electrons. The average molecular weight is 459 g/mol. The molecular weight excluding hydrogens is 435 g/mol. The Morgan fingerprint density at radius 3 is 2.76 bits per heavy atom. The molecule has 0 bridgehead atoms. The lowest BCUT2D eigenvalue weighted by atomic mass is 9.89. The number of aryl methyl sites for hydroxylation is 1. The van der Waals surface area contributed by atoms with E-state index in [9.17, 15) is 18.0 Å². The second kappa shape index (κ2) is 9.16. The molecule has 1 unspecified atom stereocenters. The molecular formula is C22H24F3N7O. The second-order valence-corrected chi connectivity index (χ2v) is 8.28. The van der Waals surface area contributed by atoms with Gasteiger partial charge in [-0.05, 0) is 55.2 Å². The lowest BCUT2D eigenvalue weighted by Crippen LogP contribution is -2.51. The van der Waals surface area contributed by atoms with E-state index in [-0.39, 0.29) is 17.9 Å². The molecule has 33 heavy (non-hydrogen) atoms. The maximum absolute atomic E-state index is 13.7. The van der Waals surface area contributed by atoms with Crippen LogP contribution in [0.1, 0.15) is 41.3 Å². The van der Waals surface area contributed by atoms with Gasteiger partial charge in [-0.15, -0.1) is 10.2 Å². The van der Waals surface area contributed by atoms with Crippen LogP contribution >= 0.6 is 0 Å². The average Bonchev–Trinajstić information content (AvgIpc) is 3.32. The summed E-state index contributed by atoms with van der Waals surface area (Å²) >= 11 is 0. The van der Waals surface area contributed by atoms with Gasteiger partial charge < -0.3 is 10.2 Å². The van der Waals surface area contributed by atoms with Crippen molar-refractivity contribution in [3.05, 3.63) is 53.2 Å². The predicted molar refractivity (Wildman–Crippen MR) is 115 cm³/mol. The number of hydrogen-bond acceptors (Lipinski definition) is 6. The number of H-pyrrole nitrogens is 1. The van der Waals surface area contributed by atoms with Gasteiger partial charge in [-0.2, -0.15) is 18.4 Å². The number of carbonyl (C=O) groups excluding carboxylic acids is 1. The Hall–Kier alpha value is -3.50. The minimum absolute atomic E-state index is 0.141. The molecule has 8 nitrogen and oxygen atoms in total. The van der Waals surface area contributed by atoms with E-state index in [2.05, 4.69) is 37.8 Å². The third-order valence-electron chi connectivity index (χ3n) is 5.95. The van der Waals surface area contributed by atoms with Crippen molar-refractivity contribution in [2.24, 2.45) is 5.92 Å². The highest BCUT2D eigenvalue weighted by Crippen LogP contribution is 2.30. The van der Waals surface area contributed by atoms with Gasteiger partial charge in [0, 0.05) is 24.8 Å². The number of nitrogens with zero attached hydrogens (tertiary/aromatic N) is 5. The van der Waals surface area contributed by atoms with Crippen LogP contribution in [0.3, 0.4) is 0 Å². The molecule has 1 aromatic carbocycles. The summed E-state index contributed by atoms with van der Waals surface area (Å²) in [6.45, 7) is 4.93. The molecule has 2 aromatic heterocycles. The number of benzene rings is 1. The standard InChI is InChI=1S/C22H24F3N7O/c1-13-5-7-16(20-28-30-31-29-20)17(10-13)21(33)32-9-3-4-14(2)18(32)12-27-19-8-6-15(11-26-19)22(23,24)25/h5-8,10-11,14,18H,3-4,9,12H2,1-2H3,(H,26,27)(H,28,29,30,31)/t14-,18?/m1/s1. The fourth-order valence-electron chi connectivity index (χ4n) is 4.15. The molecule has 2 N–H and O–H groups in total.